The number of unbranched alkanes of at least 4 members (excludes halogenated alkanes) is 2. The highest BCUT2D eigenvalue weighted by atomic mass is 16.5. The number of hydrogen-bond donors (Lipinski definition) is 1. The van der Waals surface area contributed by atoms with Gasteiger partial charge in [-0.15, -0.1) is 13.2 Å². The Morgan fingerprint density at radius 3 is 2.40 bits per heavy atom. The van der Waals surface area contributed by atoms with E-state index in [0.717, 1.165) is 31.4 Å². The summed E-state index contributed by atoms with van der Waals surface area (Å²) in [6, 6.07) is 7.90. The number of hydrogen-bond acceptors (Lipinski definition) is 5. The molecule has 4 rings (SSSR count). The molecule has 230 valence electrons. The molecule has 7 atom stereocenters. The van der Waals surface area contributed by atoms with Gasteiger partial charge in [0, 0.05) is 25.3 Å². The number of likely N-dealkylation sites (tertiary alicyclic amines) is 1. The molecule has 0 aliphatic carbocycles. The number of anilines is 1. The zero-order valence-corrected chi connectivity index (χ0v) is 25.8. The van der Waals surface area contributed by atoms with Gasteiger partial charge in [-0.1, -0.05) is 70.4 Å². The first-order valence-corrected chi connectivity index (χ1v) is 15.7. The van der Waals surface area contributed by atoms with Gasteiger partial charge in [0.2, 0.25) is 17.7 Å². The van der Waals surface area contributed by atoms with E-state index in [0.29, 0.717) is 25.9 Å². The van der Waals surface area contributed by atoms with Crippen molar-refractivity contribution in [1.82, 2.24) is 9.80 Å². The van der Waals surface area contributed by atoms with Crippen molar-refractivity contribution in [2.24, 2.45) is 17.8 Å². The number of nitrogens with zero attached hydrogens (tertiary/aromatic N) is 3. The van der Waals surface area contributed by atoms with Crippen LogP contribution >= 0.6 is 0 Å². The van der Waals surface area contributed by atoms with Gasteiger partial charge in [-0.3, -0.25) is 14.4 Å². The second kappa shape index (κ2) is 13.1. The molecule has 2 bridgehead atoms. The Morgan fingerprint density at radius 2 is 1.81 bits per heavy atom. The third-order valence-corrected chi connectivity index (χ3v) is 9.90. The molecule has 3 aliphatic rings. The van der Waals surface area contributed by atoms with Crippen molar-refractivity contribution in [3.05, 3.63) is 55.6 Å². The second-order valence-electron chi connectivity index (χ2n) is 12.5. The lowest BCUT2D eigenvalue weighted by molar-refractivity contribution is -0.156. The Bertz CT molecular complexity index is 1160. The first-order valence-electron chi connectivity index (χ1n) is 15.7. The average molecular weight is 580 g/mol. The van der Waals surface area contributed by atoms with Crippen LogP contribution in [0.4, 0.5) is 5.69 Å². The summed E-state index contributed by atoms with van der Waals surface area (Å²) in [6.07, 6.45) is 8.03. The van der Waals surface area contributed by atoms with Crippen LogP contribution in [0.5, 0.6) is 0 Å². The maximum absolute atomic E-state index is 14.7. The van der Waals surface area contributed by atoms with Crippen molar-refractivity contribution in [3.8, 4) is 0 Å². The number of amides is 3. The zero-order chi connectivity index (χ0) is 30.7. The number of benzene rings is 1. The second-order valence-corrected chi connectivity index (χ2v) is 12.5. The van der Waals surface area contributed by atoms with Crippen LogP contribution in [0.25, 0.3) is 0 Å². The Balaban J connectivity index is 1.82. The Hall–Kier alpha value is -2.97. The van der Waals surface area contributed by atoms with Crippen LogP contribution in [-0.2, 0) is 19.1 Å². The highest BCUT2D eigenvalue weighted by Crippen LogP contribution is 2.64. The van der Waals surface area contributed by atoms with Crippen LogP contribution in [0.3, 0.4) is 0 Å². The fraction of sp³-hybridized carbons (Fsp3) is 0.618. The quantitative estimate of drug-likeness (QED) is 0.243. The molecule has 3 heterocycles. The molecule has 0 aromatic heterocycles. The first-order chi connectivity index (χ1) is 20.1. The standard InChI is InChI=1S/C34H49N3O5/c1-7-11-15-22-35(20-8-2)32(41)29-34-19-18-33(6,42-34)27(28(34)31(40)37(29)26(23-38)24(5)10-4)30(39)36(21-9-3)25-16-13-12-14-17-25/h8-9,12-14,16-17,24,26-29,38H,2-3,7,10-11,15,18-23H2,1,4-6H3/t24-,26-,27-,28-,29?,33+,34?/m0/s1. The van der Waals surface area contributed by atoms with Crippen molar-refractivity contribution in [1.29, 1.82) is 0 Å². The van der Waals surface area contributed by atoms with E-state index >= 15 is 0 Å². The number of para-hydroxylation sites is 1. The smallest absolute Gasteiger partial charge is 0.248 e. The Labute approximate surface area is 251 Å². The van der Waals surface area contributed by atoms with Crippen molar-refractivity contribution < 1.29 is 24.2 Å². The van der Waals surface area contributed by atoms with Crippen LogP contribution in [0, 0.1) is 17.8 Å². The molecule has 1 aromatic carbocycles. The SMILES string of the molecule is C=CCN(CCCCC)C(=O)C1N([C@@H](CO)[C@@H](C)CC)C(=O)[C@@H]2[C@@H](C(=O)N(CC=C)c3ccccc3)[C@@]3(C)CCC12O3. The molecule has 3 amide bonds. The molecule has 3 fully saturated rings. The summed E-state index contributed by atoms with van der Waals surface area (Å²) in [4.78, 5) is 48.8. The van der Waals surface area contributed by atoms with Gasteiger partial charge in [-0.2, -0.15) is 0 Å². The van der Waals surface area contributed by atoms with E-state index in [1.165, 1.54) is 0 Å². The summed E-state index contributed by atoms with van der Waals surface area (Å²) in [5.74, 6) is -2.32. The molecule has 3 aliphatic heterocycles. The van der Waals surface area contributed by atoms with E-state index in [1.54, 1.807) is 26.9 Å². The fourth-order valence-corrected chi connectivity index (χ4v) is 7.59. The largest absolute Gasteiger partial charge is 0.394 e. The number of carbonyl (C=O) groups is 3. The number of aliphatic hydroxyl groups excluding tert-OH is 1. The summed E-state index contributed by atoms with van der Waals surface area (Å²) in [6.45, 7) is 16.7. The van der Waals surface area contributed by atoms with E-state index in [9.17, 15) is 19.5 Å². The third-order valence-electron chi connectivity index (χ3n) is 9.90. The minimum Gasteiger partial charge on any atom is -0.394 e. The number of carbonyl (C=O) groups excluding carboxylic acids is 3. The van der Waals surface area contributed by atoms with Crippen LogP contribution in [-0.4, -0.2) is 82.2 Å². The normalized spacial score (nSPS) is 29.2. The number of aliphatic hydroxyl groups is 1. The van der Waals surface area contributed by atoms with Crippen LogP contribution < -0.4 is 4.90 Å². The van der Waals surface area contributed by atoms with Crippen molar-refractivity contribution in [2.45, 2.75) is 89.5 Å². The first kappa shape index (κ1) is 32.0. The lowest BCUT2D eigenvalue weighted by Gasteiger charge is -2.41. The van der Waals surface area contributed by atoms with Crippen LogP contribution in [0.15, 0.2) is 55.6 Å². The molecule has 8 heteroatoms. The molecule has 8 nitrogen and oxygen atoms in total. The summed E-state index contributed by atoms with van der Waals surface area (Å²) in [5, 5.41) is 10.6. The summed E-state index contributed by atoms with van der Waals surface area (Å²) >= 11 is 0. The molecule has 2 unspecified atom stereocenters. The van der Waals surface area contributed by atoms with E-state index in [-0.39, 0.29) is 36.8 Å². The van der Waals surface area contributed by atoms with Gasteiger partial charge in [0.25, 0.3) is 0 Å². The minimum absolute atomic E-state index is 0.0547. The maximum Gasteiger partial charge on any atom is 0.248 e. The summed E-state index contributed by atoms with van der Waals surface area (Å²) in [7, 11) is 0. The van der Waals surface area contributed by atoms with E-state index in [2.05, 4.69) is 20.1 Å². The molecule has 1 aromatic rings. The predicted octanol–water partition coefficient (Wildman–Crippen LogP) is 4.58. The van der Waals surface area contributed by atoms with Crippen LogP contribution in [0.1, 0.15) is 66.2 Å². The van der Waals surface area contributed by atoms with Gasteiger partial charge < -0.3 is 24.5 Å². The molecule has 0 radical (unpaired) electrons. The lowest BCUT2D eigenvalue weighted by Crippen LogP contribution is -2.60. The van der Waals surface area contributed by atoms with Crippen molar-refractivity contribution in [2.75, 3.05) is 31.1 Å². The molecule has 42 heavy (non-hydrogen) atoms. The minimum atomic E-state index is -1.15. The van der Waals surface area contributed by atoms with Gasteiger partial charge in [0.1, 0.15) is 11.6 Å². The van der Waals surface area contributed by atoms with Gasteiger partial charge in [0.15, 0.2) is 0 Å². The van der Waals surface area contributed by atoms with E-state index in [1.807, 2.05) is 51.1 Å². The van der Waals surface area contributed by atoms with Gasteiger partial charge in [-0.25, -0.2) is 0 Å². The zero-order valence-electron chi connectivity index (χ0n) is 25.8. The highest BCUT2D eigenvalue weighted by molar-refractivity contribution is 6.03. The highest BCUT2D eigenvalue weighted by Gasteiger charge is 2.79. The van der Waals surface area contributed by atoms with Gasteiger partial charge in [0.05, 0.1) is 30.1 Å². The maximum atomic E-state index is 14.7. The Morgan fingerprint density at radius 1 is 1.12 bits per heavy atom. The fourth-order valence-electron chi connectivity index (χ4n) is 7.59. The van der Waals surface area contributed by atoms with Crippen molar-refractivity contribution in [3.63, 3.8) is 0 Å². The third kappa shape index (κ3) is 5.32. The number of fused-ring (bicyclic) bond motifs is 1. The summed E-state index contributed by atoms with van der Waals surface area (Å²) < 4.78 is 6.87. The van der Waals surface area contributed by atoms with Gasteiger partial charge in [-0.05, 0) is 44.2 Å². The van der Waals surface area contributed by atoms with Crippen LogP contribution in [0.2, 0.25) is 0 Å². The number of rotatable bonds is 15. The molecule has 1 spiro atoms. The van der Waals surface area contributed by atoms with Gasteiger partial charge >= 0.3 is 0 Å². The van der Waals surface area contributed by atoms with E-state index < -0.39 is 35.1 Å². The molecular formula is C34H49N3O5. The molecular weight excluding hydrogens is 530 g/mol. The molecule has 3 saturated heterocycles. The number of ether oxygens (including phenoxy) is 1. The molecule has 1 N–H and O–H groups in total. The molecule has 0 saturated carbocycles. The Kier molecular flexibility index (Phi) is 9.99. The van der Waals surface area contributed by atoms with Crippen molar-refractivity contribution >= 4 is 23.4 Å². The topological polar surface area (TPSA) is 90.4 Å². The predicted molar refractivity (Wildman–Crippen MR) is 165 cm³/mol. The summed E-state index contributed by atoms with van der Waals surface area (Å²) in [5.41, 5.74) is -1.32. The van der Waals surface area contributed by atoms with E-state index in [4.69, 9.17) is 4.74 Å². The monoisotopic (exact) mass is 579 g/mol. The lowest BCUT2D eigenvalue weighted by atomic mass is 9.66. The average Bonchev–Trinajstić information content (AvgIpc) is 3.56.